The molecular formula is C16H27N3O2S. The lowest BCUT2D eigenvalue weighted by atomic mass is 10.0. The zero-order valence-corrected chi connectivity index (χ0v) is 15.0. The van der Waals surface area contributed by atoms with E-state index in [0.717, 1.165) is 24.5 Å². The van der Waals surface area contributed by atoms with Gasteiger partial charge in [0.2, 0.25) is 0 Å². The van der Waals surface area contributed by atoms with Gasteiger partial charge in [0.15, 0.2) is 0 Å². The number of nitrogens with zero attached hydrogens (tertiary/aromatic N) is 3. The molecule has 0 saturated carbocycles. The molecule has 1 fully saturated rings. The lowest BCUT2D eigenvalue weighted by molar-refractivity contribution is 0.0743. The summed E-state index contributed by atoms with van der Waals surface area (Å²) in [5.41, 5.74) is 0.556. The molecule has 0 aromatic carbocycles. The first-order valence-electron chi connectivity index (χ1n) is 8.00. The topological polar surface area (TPSA) is 45.7 Å². The van der Waals surface area contributed by atoms with E-state index in [0.29, 0.717) is 24.3 Å². The summed E-state index contributed by atoms with van der Waals surface area (Å²) < 4.78 is 5.55. The molecule has 2 heterocycles. The molecule has 5 nitrogen and oxygen atoms in total. The molecule has 1 aromatic rings. The van der Waals surface area contributed by atoms with Gasteiger partial charge in [0.1, 0.15) is 16.8 Å². The molecule has 6 heteroatoms. The van der Waals surface area contributed by atoms with Gasteiger partial charge in [-0.2, -0.15) is 0 Å². The number of aromatic nitrogens is 1. The van der Waals surface area contributed by atoms with Crippen LogP contribution >= 0.6 is 11.3 Å². The summed E-state index contributed by atoms with van der Waals surface area (Å²) in [4.78, 5) is 21.3. The van der Waals surface area contributed by atoms with E-state index in [1.54, 1.807) is 0 Å². The van der Waals surface area contributed by atoms with Crippen LogP contribution in [0.5, 0.6) is 0 Å². The molecule has 22 heavy (non-hydrogen) atoms. The van der Waals surface area contributed by atoms with Gasteiger partial charge in [-0.05, 0) is 33.9 Å². The standard InChI is InChI=1S/C16H27N3O2S/c1-6-12-8-19(9-14(12)18(4)5)16(20)13-10-22-15(17-13)11(3)21-7-2/h10-12,14H,6-9H2,1-5H3/t11-,12-,14-/m1/s1. The molecule has 1 aromatic heterocycles. The fourth-order valence-electron chi connectivity index (χ4n) is 3.06. The van der Waals surface area contributed by atoms with Crippen molar-refractivity contribution < 1.29 is 9.53 Å². The van der Waals surface area contributed by atoms with Crippen LogP contribution in [-0.4, -0.2) is 60.5 Å². The van der Waals surface area contributed by atoms with Crippen LogP contribution in [-0.2, 0) is 4.74 Å². The normalized spacial score (nSPS) is 23.3. The van der Waals surface area contributed by atoms with Crippen LogP contribution in [0.15, 0.2) is 5.38 Å². The smallest absolute Gasteiger partial charge is 0.273 e. The van der Waals surface area contributed by atoms with E-state index in [2.05, 4.69) is 30.9 Å². The minimum Gasteiger partial charge on any atom is -0.372 e. The molecule has 124 valence electrons. The van der Waals surface area contributed by atoms with Crippen molar-refractivity contribution >= 4 is 17.2 Å². The van der Waals surface area contributed by atoms with Gasteiger partial charge in [-0.1, -0.05) is 13.3 Å². The Kier molecular flexibility index (Phi) is 5.94. The predicted molar refractivity (Wildman–Crippen MR) is 89.3 cm³/mol. The van der Waals surface area contributed by atoms with Gasteiger partial charge in [0.05, 0.1) is 0 Å². The van der Waals surface area contributed by atoms with Gasteiger partial charge < -0.3 is 14.5 Å². The highest BCUT2D eigenvalue weighted by atomic mass is 32.1. The number of likely N-dealkylation sites (tertiary alicyclic amines) is 1. The number of amides is 1. The lowest BCUT2D eigenvalue weighted by Crippen LogP contribution is -2.36. The maximum Gasteiger partial charge on any atom is 0.273 e. The number of carbonyl (C=O) groups is 1. The fourth-order valence-corrected chi connectivity index (χ4v) is 3.86. The summed E-state index contributed by atoms with van der Waals surface area (Å²) >= 11 is 1.50. The van der Waals surface area contributed by atoms with E-state index >= 15 is 0 Å². The third-order valence-electron chi connectivity index (χ3n) is 4.39. The lowest BCUT2D eigenvalue weighted by Gasteiger charge is -2.23. The van der Waals surface area contributed by atoms with Crippen molar-refractivity contribution in [3.8, 4) is 0 Å². The Hall–Kier alpha value is -0.980. The van der Waals surface area contributed by atoms with Gasteiger partial charge in [-0.15, -0.1) is 11.3 Å². The Balaban J connectivity index is 2.06. The van der Waals surface area contributed by atoms with E-state index in [1.165, 1.54) is 11.3 Å². The van der Waals surface area contributed by atoms with Crippen molar-refractivity contribution in [3.05, 3.63) is 16.1 Å². The Bertz CT molecular complexity index is 503. The Morgan fingerprint density at radius 2 is 2.23 bits per heavy atom. The Morgan fingerprint density at radius 1 is 1.50 bits per heavy atom. The van der Waals surface area contributed by atoms with Crippen LogP contribution in [0.1, 0.15) is 48.8 Å². The monoisotopic (exact) mass is 325 g/mol. The molecule has 2 rings (SSSR count). The molecular weight excluding hydrogens is 298 g/mol. The fraction of sp³-hybridized carbons (Fsp3) is 0.750. The first kappa shape index (κ1) is 17.4. The summed E-state index contributed by atoms with van der Waals surface area (Å²) in [5.74, 6) is 0.591. The second-order valence-corrected chi connectivity index (χ2v) is 6.97. The third-order valence-corrected chi connectivity index (χ3v) is 5.39. The highest BCUT2D eigenvalue weighted by Gasteiger charge is 2.36. The Labute approximate surface area is 137 Å². The van der Waals surface area contributed by atoms with E-state index < -0.39 is 0 Å². The molecule has 0 aliphatic carbocycles. The van der Waals surface area contributed by atoms with Crippen molar-refractivity contribution in [1.82, 2.24) is 14.8 Å². The van der Waals surface area contributed by atoms with Crippen molar-refractivity contribution in [2.45, 2.75) is 39.3 Å². The molecule has 0 unspecified atom stereocenters. The summed E-state index contributed by atoms with van der Waals surface area (Å²) in [7, 11) is 4.18. The number of hydrogen-bond donors (Lipinski definition) is 0. The van der Waals surface area contributed by atoms with E-state index in [1.807, 2.05) is 24.1 Å². The van der Waals surface area contributed by atoms with Gasteiger partial charge in [0, 0.05) is 31.1 Å². The average Bonchev–Trinajstić information content (AvgIpc) is 3.13. The van der Waals surface area contributed by atoms with Crippen molar-refractivity contribution in [2.24, 2.45) is 5.92 Å². The first-order valence-corrected chi connectivity index (χ1v) is 8.88. The van der Waals surface area contributed by atoms with Crippen LogP contribution in [0.25, 0.3) is 0 Å². The number of rotatable bonds is 6. The molecule has 0 bridgehead atoms. The maximum atomic E-state index is 12.7. The van der Waals surface area contributed by atoms with Crippen molar-refractivity contribution in [3.63, 3.8) is 0 Å². The molecule has 1 aliphatic rings. The third kappa shape index (κ3) is 3.67. The number of likely N-dealkylation sites (N-methyl/N-ethyl adjacent to an activating group) is 1. The molecule has 0 radical (unpaired) electrons. The van der Waals surface area contributed by atoms with E-state index in [-0.39, 0.29) is 12.0 Å². The van der Waals surface area contributed by atoms with E-state index in [4.69, 9.17) is 4.74 Å². The van der Waals surface area contributed by atoms with Crippen LogP contribution in [0.2, 0.25) is 0 Å². The highest BCUT2D eigenvalue weighted by molar-refractivity contribution is 7.09. The van der Waals surface area contributed by atoms with Crippen molar-refractivity contribution in [1.29, 1.82) is 0 Å². The van der Waals surface area contributed by atoms with Crippen LogP contribution in [0.3, 0.4) is 0 Å². The quantitative estimate of drug-likeness (QED) is 0.807. The predicted octanol–water partition coefficient (Wildman–Crippen LogP) is 2.65. The van der Waals surface area contributed by atoms with Gasteiger partial charge in [0.25, 0.3) is 5.91 Å². The number of hydrogen-bond acceptors (Lipinski definition) is 5. The van der Waals surface area contributed by atoms with Crippen LogP contribution in [0, 0.1) is 5.92 Å². The second kappa shape index (κ2) is 7.53. The SMILES string of the molecule is CCO[C@H](C)c1nc(C(=O)N2C[C@@H](CC)[C@H](N(C)C)C2)cs1. The number of carbonyl (C=O) groups excluding carboxylic acids is 1. The Morgan fingerprint density at radius 3 is 2.77 bits per heavy atom. The van der Waals surface area contributed by atoms with Crippen molar-refractivity contribution in [2.75, 3.05) is 33.8 Å². The largest absolute Gasteiger partial charge is 0.372 e. The summed E-state index contributed by atoms with van der Waals surface area (Å²) in [6.45, 7) is 8.40. The summed E-state index contributed by atoms with van der Waals surface area (Å²) in [6.07, 6.45) is 1.05. The summed E-state index contributed by atoms with van der Waals surface area (Å²) in [5, 5.41) is 2.73. The summed E-state index contributed by atoms with van der Waals surface area (Å²) in [6, 6.07) is 0.439. The number of thiazole rings is 1. The first-order chi connectivity index (χ1) is 10.5. The minimum atomic E-state index is -0.0481. The molecule has 0 N–H and O–H groups in total. The second-order valence-electron chi connectivity index (χ2n) is 6.08. The average molecular weight is 325 g/mol. The highest BCUT2D eigenvalue weighted by Crippen LogP contribution is 2.26. The van der Waals surface area contributed by atoms with E-state index in [9.17, 15) is 4.79 Å². The van der Waals surface area contributed by atoms with Crippen LogP contribution in [0.4, 0.5) is 0 Å². The number of ether oxygens (including phenoxy) is 1. The molecule has 1 amide bonds. The van der Waals surface area contributed by atoms with Gasteiger partial charge in [-0.25, -0.2) is 4.98 Å². The zero-order chi connectivity index (χ0) is 16.3. The molecule has 0 spiro atoms. The van der Waals surface area contributed by atoms with Crippen LogP contribution < -0.4 is 0 Å². The zero-order valence-electron chi connectivity index (χ0n) is 14.2. The minimum absolute atomic E-state index is 0.0481. The van der Waals surface area contributed by atoms with Gasteiger partial charge >= 0.3 is 0 Å². The molecule has 1 aliphatic heterocycles. The molecule has 1 saturated heterocycles. The van der Waals surface area contributed by atoms with Gasteiger partial charge in [-0.3, -0.25) is 4.79 Å². The molecule has 3 atom stereocenters. The maximum absolute atomic E-state index is 12.7.